The van der Waals surface area contributed by atoms with Crippen LogP contribution in [-0.4, -0.2) is 13.0 Å². The molecule has 0 saturated heterocycles. The Kier molecular flexibility index (Phi) is 3.27. The summed E-state index contributed by atoms with van der Waals surface area (Å²) < 4.78 is 31.2. The number of nitrogens with two attached hydrogens (primary N) is 1. The minimum absolute atomic E-state index is 0.295. The second kappa shape index (κ2) is 4.04. The summed E-state index contributed by atoms with van der Waals surface area (Å²) in [7, 11) is -4.41. The van der Waals surface area contributed by atoms with Crippen molar-refractivity contribution in [1.82, 2.24) is 0 Å². The molecule has 1 aromatic rings. The molecule has 1 rings (SSSR count). The van der Waals surface area contributed by atoms with Gasteiger partial charge in [0.05, 0.1) is 5.69 Å². The van der Waals surface area contributed by atoms with Crippen LogP contribution in [0.5, 0.6) is 0 Å². The minimum Gasteiger partial charge on any atom is -0.268 e. The number of rotatable bonds is 2. The lowest BCUT2D eigenvalue weighted by molar-refractivity contribution is 0.478. The molecule has 0 bridgehead atoms. The van der Waals surface area contributed by atoms with Crippen LogP contribution < -0.4 is 10.3 Å². The van der Waals surface area contributed by atoms with Gasteiger partial charge in [0.15, 0.2) is 0 Å². The van der Waals surface area contributed by atoms with Gasteiger partial charge in [0.1, 0.15) is 0 Å². The predicted octanol–water partition coefficient (Wildman–Crippen LogP) is 1.40. The van der Waals surface area contributed by atoms with Crippen molar-refractivity contribution in [3.05, 3.63) is 28.3 Å². The van der Waals surface area contributed by atoms with E-state index in [1.807, 2.05) is 20.8 Å². The van der Waals surface area contributed by atoms with Gasteiger partial charge in [0.25, 0.3) is 0 Å². The van der Waals surface area contributed by atoms with E-state index in [0.717, 1.165) is 22.3 Å². The van der Waals surface area contributed by atoms with Crippen LogP contribution in [0, 0.1) is 27.7 Å². The SMILES string of the molecule is Cc1cc(N(N)S(=O)(=O)O)c(C)c(C)c1C. The van der Waals surface area contributed by atoms with Crippen molar-refractivity contribution >= 4 is 16.0 Å². The summed E-state index contributed by atoms with van der Waals surface area (Å²) in [5, 5.41) is 0. The Bertz CT molecular complexity index is 523. The van der Waals surface area contributed by atoms with Crippen LogP contribution in [0.2, 0.25) is 0 Å². The van der Waals surface area contributed by atoms with Gasteiger partial charge in [-0.25, -0.2) is 5.84 Å². The smallest absolute Gasteiger partial charge is 0.268 e. The van der Waals surface area contributed by atoms with E-state index in [-0.39, 0.29) is 0 Å². The van der Waals surface area contributed by atoms with E-state index < -0.39 is 10.3 Å². The van der Waals surface area contributed by atoms with Crippen molar-refractivity contribution < 1.29 is 13.0 Å². The zero-order valence-corrected chi connectivity index (χ0v) is 10.6. The molecule has 0 aliphatic heterocycles. The largest absolute Gasteiger partial charge is 0.373 e. The van der Waals surface area contributed by atoms with Gasteiger partial charge in [0.2, 0.25) is 0 Å². The second-order valence-electron chi connectivity index (χ2n) is 3.86. The molecule has 0 amide bonds. The van der Waals surface area contributed by atoms with Crippen molar-refractivity contribution in [3.63, 3.8) is 0 Å². The molecule has 0 aliphatic carbocycles. The van der Waals surface area contributed by atoms with E-state index in [1.54, 1.807) is 13.0 Å². The van der Waals surface area contributed by atoms with Crippen molar-refractivity contribution in [1.29, 1.82) is 0 Å². The predicted molar refractivity (Wildman–Crippen MR) is 63.6 cm³/mol. The van der Waals surface area contributed by atoms with Crippen molar-refractivity contribution in [2.24, 2.45) is 5.84 Å². The summed E-state index contributed by atoms with van der Waals surface area (Å²) in [6, 6.07) is 1.64. The highest BCUT2D eigenvalue weighted by Crippen LogP contribution is 2.27. The summed E-state index contributed by atoms with van der Waals surface area (Å²) in [5.41, 5.74) is 4.02. The van der Waals surface area contributed by atoms with Crippen LogP contribution in [0.15, 0.2) is 6.07 Å². The molecule has 6 heteroatoms. The lowest BCUT2D eigenvalue weighted by Gasteiger charge is -2.20. The molecular weight excluding hydrogens is 228 g/mol. The van der Waals surface area contributed by atoms with Gasteiger partial charge in [-0.1, -0.05) is 0 Å². The monoisotopic (exact) mass is 244 g/mol. The number of hydrogen-bond donors (Lipinski definition) is 2. The molecular formula is C10H16N2O3S. The zero-order chi connectivity index (χ0) is 12.7. The molecule has 16 heavy (non-hydrogen) atoms. The number of nitrogens with zero attached hydrogens (tertiary/aromatic N) is 1. The van der Waals surface area contributed by atoms with Gasteiger partial charge in [-0.15, -0.1) is 0 Å². The van der Waals surface area contributed by atoms with Crippen LogP contribution in [0.1, 0.15) is 22.3 Å². The van der Waals surface area contributed by atoms with Gasteiger partial charge in [-0.2, -0.15) is 12.8 Å². The van der Waals surface area contributed by atoms with E-state index in [9.17, 15) is 8.42 Å². The van der Waals surface area contributed by atoms with Gasteiger partial charge in [0, 0.05) is 0 Å². The molecule has 0 aliphatic rings. The Morgan fingerprint density at radius 2 is 1.62 bits per heavy atom. The molecule has 0 spiro atoms. The highest BCUT2D eigenvalue weighted by atomic mass is 32.2. The first kappa shape index (κ1) is 13.0. The number of hydrogen-bond acceptors (Lipinski definition) is 3. The third-order valence-corrected chi connectivity index (χ3v) is 3.63. The van der Waals surface area contributed by atoms with E-state index >= 15 is 0 Å². The summed E-state index contributed by atoms with van der Waals surface area (Å²) in [6.07, 6.45) is 0. The molecule has 0 aromatic heterocycles. The number of hydrazine groups is 1. The third kappa shape index (κ3) is 2.18. The van der Waals surface area contributed by atoms with Crippen molar-refractivity contribution in [2.45, 2.75) is 27.7 Å². The summed E-state index contributed by atoms with van der Waals surface area (Å²) >= 11 is 0. The maximum Gasteiger partial charge on any atom is 0.373 e. The van der Waals surface area contributed by atoms with Gasteiger partial charge < -0.3 is 0 Å². The number of aryl methyl sites for hydroxylation is 1. The van der Waals surface area contributed by atoms with E-state index in [4.69, 9.17) is 10.4 Å². The lowest BCUT2D eigenvalue weighted by Crippen LogP contribution is -2.37. The third-order valence-electron chi connectivity index (χ3n) is 2.94. The quantitative estimate of drug-likeness (QED) is 0.468. The first-order chi connectivity index (χ1) is 7.16. The van der Waals surface area contributed by atoms with Crippen LogP contribution in [0.4, 0.5) is 5.69 Å². The molecule has 90 valence electrons. The second-order valence-corrected chi connectivity index (χ2v) is 5.15. The fraction of sp³-hybridized carbons (Fsp3) is 0.400. The van der Waals surface area contributed by atoms with Crippen molar-refractivity contribution in [2.75, 3.05) is 4.41 Å². The molecule has 5 nitrogen and oxygen atoms in total. The number of benzene rings is 1. The standard InChI is InChI=1S/C10H16N2O3S/c1-6-5-10(12(11)16(13,14)15)9(4)8(3)7(6)2/h5H,11H2,1-4H3,(H,13,14,15). The van der Waals surface area contributed by atoms with Gasteiger partial charge >= 0.3 is 10.3 Å². The highest BCUT2D eigenvalue weighted by Gasteiger charge is 2.19. The van der Waals surface area contributed by atoms with Crippen LogP contribution in [-0.2, 0) is 10.3 Å². The Hall–Kier alpha value is -1.11. The molecule has 0 saturated carbocycles. The summed E-state index contributed by atoms with van der Waals surface area (Å²) in [4.78, 5) is 0. The highest BCUT2D eigenvalue weighted by molar-refractivity contribution is 7.87. The first-order valence-electron chi connectivity index (χ1n) is 4.76. The maximum atomic E-state index is 10.9. The molecule has 0 heterocycles. The minimum atomic E-state index is -4.41. The topological polar surface area (TPSA) is 83.6 Å². The average Bonchev–Trinajstić information content (AvgIpc) is 2.18. The van der Waals surface area contributed by atoms with E-state index in [0.29, 0.717) is 10.1 Å². The Balaban J connectivity index is 3.48. The Labute approximate surface area is 95.7 Å². The maximum absolute atomic E-state index is 10.9. The Morgan fingerprint density at radius 1 is 1.12 bits per heavy atom. The molecule has 0 unspecified atom stereocenters. The fourth-order valence-corrected chi connectivity index (χ4v) is 1.98. The van der Waals surface area contributed by atoms with Gasteiger partial charge in [-0.05, 0) is 56.0 Å². The Morgan fingerprint density at radius 3 is 2.06 bits per heavy atom. The molecule has 0 radical (unpaired) electrons. The molecule has 0 atom stereocenters. The normalized spacial score (nSPS) is 11.6. The average molecular weight is 244 g/mol. The van der Waals surface area contributed by atoms with Gasteiger partial charge in [-0.3, -0.25) is 4.55 Å². The van der Waals surface area contributed by atoms with Crippen LogP contribution in [0.25, 0.3) is 0 Å². The molecule has 0 fully saturated rings. The first-order valence-corrected chi connectivity index (χ1v) is 6.15. The summed E-state index contributed by atoms with van der Waals surface area (Å²) in [5.74, 6) is 5.36. The fourth-order valence-electron chi connectivity index (χ4n) is 1.54. The van der Waals surface area contributed by atoms with Crippen LogP contribution >= 0.6 is 0 Å². The van der Waals surface area contributed by atoms with Crippen LogP contribution in [0.3, 0.4) is 0 Å². The molecule has 1 aromatic carbocycles. The molecule has 3 N–H and O–H groups in total. The number of anilines is 1. The lowest BCUT2D eigenvalue weighted by atomic mass is 9.98. The van der Waals surface area contributed by atoms with E-state index in [1.165, 1.54) is 0 Å². The van der Waals surface area contributed by atoms with Crippen molar-refractivity contribution in [3.8, 4) is 0 Å². The zero-order valence-electron chi connectivity index (χ0n) is 9.77. The van der Waals surface area contributed by atoms with E-state index in [2.05, 4.69) is 0 Å². The summed E-state index contributed by atoms with van der Waals surface area (Å²) in [6.45, 7) is 7.47.